The van der Waals surface area contributed by atoms with E-state index in [2.05, 4.69) is 29.1 Å². The van der Waals surface area contributed by atoms with Gasteiger partial charge in [0.05, 0.1) is 41.3 Å². The van der Waals surface area contributed by atoms with E-state index in [4.69, 9.17) is 21.1 Å². The van der Waals surface area contributed by atoms with Gasteiger partial charge in [0, 0.05) is 11.4 Å². The number of hydrogen-bond donors (Lipinski definition) is 1. The lowest BCUT2D eigenvalue weighted by atomic mass is 9.70. The number of benzene rings is 1. The van der Waals surface area contributed by atoms with Gasteiger partial charge >= 0.3 is 5.97 Å². The molecule has 2 amide bonds. The minimum Gasteiger partial charge on any atom is -0.461 e. The van der Waals surface area contributed by atoms with Gasteiger partial charge in [-0.3, -0.25) is 14.4 Å². The fourth-order valence-corrected chi connectivity index (χ4v) is 6.85. The Kier molecular flexibility index (Phi) is 7.43. The third kappa shape index (κ3) is 4.02. The summed E-state index contributed by atoms with van der Waals surface area (Å²) in [7, 11) is 0. The van der Waals surface area contributed by atoms with E-state index in [9.17, 15) is 19.5 Å². The maximum absolute atomic E-state index is 14.3. The highest BCUT2D eigenvalue weighted by Crippen LogP contribution is 2.60. The van der Waals surface area contributed by atoms with E-state index >= 15 is 0 Å². The van der Waals surface area contributed by atoms with Crippen LogP contribution in [0.5, 0.6) is 0 Å². The van der Waals surface area contributed by atoms with Crippen LogP contribution in [0.2, 0.25) is 5.02 Å². The highest BCUT2D eigenvalue weighted by atomic mass is 79.9. The van der Waals surface area contributed by atoms with E-state index in [0.717, 1.165) is 0 Å². The molecule has 10 heteroatoms. The molecule has 35 heavy (non-hydrogen) atoms. The van der Waals surface area contributed by atoms with Crippen molar-refractivity contribution >= 4 is 51.0 Å². The second-order valence-electron chi connectivity index (χ2n) is 9.05. The first-order valence-corrected chi connectivity index (χ1v) is 12.7. The number of carbonyl (C=O) groups is 3. The number of aliphatic hydroxyl groups excluding tert-OH is 1. The molecule has 3 aliphatic heterocycles. The van der Waals surface area contributed by atoms with E-state index in [-0.39, 0.29) is 24.6 Å². The lowest BCUT2D eigenvalue weighted by Crippen LogP contribution is -2.58. The molecule has 0 saturated carbocycles. The summed E-state index contributed by atoms with van der Waals surface area (Å²) in [5.74, 6) is -3.21. The van der Waals surface area contributed by atoms with Crippen LogP contribution >= 0.6 is 27.5 Å². The first kappa shape index (κ1) is 25.9. The molecule has 3 aliphatic rings. The number of carbonyl (C=O) groups excluding carboxylic acids is 3. The maximum atomic E-state index is 14.3. The van der Waals surface area contributed by atoms with Gasteiger partial charge in [-0.15, -0.1) is 6.58 Å². The summed E-state index contributed by atoms with van der Waals surface area (Å²) in [4.78, 5) is 43.7. The van der Waals surface area contributed by atoms with Crippen molar-refractivity contribution in [1.29, 1.82) is 0 Å². The SMILES string of the molecule is C=CCOC(=O)[C@H]1[C@H]2C(=O)N([C@H](C)CO)C(C(=O)N(CC=C)c3ccccc3Cl)C23CC(Br)[C@@H]1O3. The molecule has 1 aromatic rings. The number of esters is 1. The van der Waals surface area contributed by atoms with Crippen molar-refractivity contribution in [1.82, 2.24) is 4.90 Å². The first-order valence-electron chi connectivity index (χ1n) is 11.4. The van der Waals surface area contributed by atoms with Crippen molar-refractivity contribution in [2.45, 2.75) is 42.0 Å². The first-order chi connectivity index (χ1) is 16.7. The van der Waals surface area contributed by atoms with Gasteiger partial charge in [-0.25, -0.2) is 0 Å². The third-order valence-corrected chi connectivity index (χ3v) is 8.20. The molecule has 1 aromatic carbocycles. The molecule has 3 fully saturated rings. The number of para-hydroxylation sites is 1. The Morgan fingerprint density at radius 3 is 2.74 bits per heavy atom. The Bertz CT molecular complexity index is 1050. The van der Waals surface area contributed by atoms with Crippen molar-refractivity contribution < 1.29 is 29.0 Å². The summed E-state index contributed by atoms with van der Waals surface area (Å²) in [6, 6.07) is 5.14. The number of alkyl halides is 1. The molecule has 2 bridgehead atoms. The third-order valence-electron chi connectivity index (χ3n) is 7.04. The number of likely N-dealkylation sites (tertiary alicyclic amines) is 1. The molecule has 188 valence electrons. The number of rotatable bonds is 9. The standard InChI is InChI=1S/C25H28BrClN2O6/c1-4-10-28(17-9-7-6-8-16(17)27)23(32)21-25-12-15(26)20(35-25)18(24(33)34-11-5-2)19(25)22(31)29(21)14(3)13-30/h4-9,14-15,18-21,30H,1-2,10-13H2,3H3/t14-,15?,18+,19+,20+,21?,25?/m1/s1. The second kappa shape index (κ2) is 10.0. The van der Waals surface area contributed by atoms with Gasteiger partial charge in [0.2, 0.25) is 5.91 Å². The van der Waals surface area contributed by atoms with Gasteiger partial charge in [-0.2, -0.15) is 0 Å². The minimum atomic E-state index is -1.27. The quantitative estimate of drug-likeness (QED) is 0.280. The monoisotopic (exact) mass is 566 g/mol. The van der Waals surface area contributed by atoms with Crippen LogP contribution in [-0.4, -0.2) is 76.2 Å². The van der Waals surface area contributed by atoms with Crippen molar-refractivity contribution in [3.05, 3.63) is 54.6 Å². The molecule has 0 radical (unpaired) electrons. The highest BCUT2D eigenvalue weighted by Gasteiger charge is 2.77. The fourth-order valence-electron chi connectivity index (χ4n) is 5.67. The van der Waals surface area contributed by atoms with Crippen molar-refractivity contribution in [2.24, 2.45) is 11.8 Å². The van der Waals surface area contributed by atoms with E-state index < -0.39 is 53.4 Å². The van der Waals surface area contributed by atoms with Crippen LogP contribution < -0.4 is 4.90 Å². The van der Waals surface area contributed by atoms with Crippen molar-refractivity contribution in [3.8, 4) is 0 Å². The lowest BCUT2D eigenvalue weighted by molar-refractivity contribution is -0.154. The van der Waals surface area contributed by atoms with Gasteiger partial charge < -0.3 is 24.4 Å². The Balaban J connectivity index is 1.82. The van der Waals surface area contributed by atoms with Crippen LogP contribution in [0.4, 0.5) is 5.69 Å². The largest absolute Gasteiger partial charge is 0.461 e. The van der Waals surface area contributed by atoms with Gasteiger partial charge in [0.1, 0.15) is 18.2 Å². The Hall–Kier alpha value is -2.20. The second-order valence-corrected chi connectivity index (χ2v) is 10.6. The average molecular weight is 568 g/mol. The Morgan fingerprint density at radius 2 is 2.11 bits per heavy atom. The lowest BCUT2D eigenvalue weighted by Gasteiger charge is -2.38. The molecule has 7 atom stereocenters. The summed E-state index contributed by atoms with van der Waals surface area (Å²) < 4.78 is 11.7. The molecule has 8 nitrogen and oxygen atoms in total. The highest BCUT2D eigenvalue weighted by molar-refractivity contribution is 9.09. The minimum absolute atomic E-state index is 0.00164. The van der Waals surface area contributed by atoms with Gasteiger partial charge in [-0.1, -0.05) is 58.4 Å². The maximum Gasteiger partial charge on any atom is 0.312 e. The van der Waals surface area contributed by atoms with E-state index in [0.29, 0.717) is 17.1 Å². The van der Waals surface area contributed by atoms with Gasteiger partial charge in [0.15, 0.2) is 0 Å². The predicted octanol–water partition coefficient (Wildman–Crippen LogP) is 2.72. The summed E-state index contributed by atoms with van der Waals surface area (Å²) in [5.41, 5.74) is -0.803. The van der Waals surface area contributed by atoms with Crippen LogP contribution in [0, 0.1) is 11.8 Å². The smallest absolute Gasteiger partial charge is 0.312 e. The summed E-state index contributed by atoms with van der Waals surface area (Å²) >= 11 is 10.0. The Labute approximate surface area is 217 Å². The zero-order chi connectivity index (χ0) is 25.5. The number of ether oxygens (including phenoxy) is 2. The average Bonchev–Trinajstić information content (AvgIpc) is 3.44. The predicted molar refractivity (Wildman–Crippen MR) is 134 cm³/mol. The molecule has 4 rings (SSSR count). The number of aliphatic hydroxyl groups is 1. The number of halogens is 2. The number of nitrogens with zero attached hydrogens (tertiary/aromatic N) is 2. The van der Waals surface area contributed by atoms with Crippen LogP contribution in [0.15, 0.2) is 49.6 Å². The van der Waals surface area contributed by atoms with Crippen molar-refractivity contribution in [2.75, 3.05) is 24.7 Å². The zero-order valence-electron chi connectivity index (χ0n) is 19.3. The van der Waals surface area contributed by atoms with E-state index in [1.807, 2.05) is 0 Å². The molecule has 0 aromatic heterocycles. The number of anilines is 1. The van der Waals surface area contributed by atoms with E-state index in [1.54, 1.807) is 37.3 Å². The fraction of sp³-hybridized carbons (Fsp3) is 0.480. The molecule has 0 aliphatic carbocycles. The normalized spacial score (nSPS) is 31.7. The Morgan fingerprint density at radius 1 is 1.40 bits per heavy atom. The topological polar surface area (TPSA) is 96.4 Å². The van der Waals surface area contributed by atoms with Crippen molar-refractivity contribution in [3.63, 3.8) is 0 Å². The van der Waals surface area contributed by atoms with Crippen LogP contribution in [0.1, 0.15) is 13.3 Å². The van der Waals surface area contributed by atoms with E-state index in [1.165, 1.54) is 15.9 Å². The summed E-state index contributed by atoms with van der Waals surface area (Å²) in [6.07, 6.45) is 2.74. The number of amides is 2. The van der Waals surface area contributed by atoms with Gasteiger partial charge in [0.25, 0.3) is 5.91 Å². The molecular weight excluding hydrogens is 540 g/mol. The van der Waals surface area contributed by atoms with Gasteiger partial charge in [-0.05, 0) is 25.5 Å². The number of hydrogen-bond acceptors (Lipinski definition) is 6. The molecule has 3 saturated heterocycles. The molecule has 3 heterocycles. The number of fused-ring (bicyclic) bond motifs is 1. The van der Waals surface area contributed by atoms with Crippen LogP contribution in [0.3, 0.4) is 0 Å². The molecule has 1 N–H and O–H groups in total. The molecule has 1 spiro atoms. The summed E-state index contributed by atoms with van der Waals surface area (Å²) in [5, 5.41) is 10.3. The van der Waals surface area contributed by atoms with Crippen LogP contribution in [0.25, 0.3) is 0 Å². The summed E-state index contributed by atoms with van der Waals surface area (Å²) in [6.45, 7) is 8.78. The molecular formula is C25H28BrClN2O6. The molecule has 3 unspecified atom stereocenters. The zero-order valence-corrected chi connectivity index (χ0v) is 21.7. The van der Waals surface area contributed by atoms with Crippen LogP contribution in [-0.2, 0) is 23.9 Å².